The molecule has 0 unspecified atom stereocenters. The Morgan fingerprint density at radius 1 is 1.18 bits per heavy atom. The van der Waals surface area contributed by atoms with E-state index in [0.717, 1.165) is 17.5 Å². The van der Waals surface area contributed by atoms with Gasteiger partial charge < -0.3 is 5.11 Å². The van der Waals surface area contributed by atoms with Crippen molar-refractivity contribution in [2.24, 2.45) is 5.92 Å². The van der Waals surface area contributed by atoms with E-state index in [1.54, 1.807) is 0 Å². The van der Waals surface area contributed by atoms with Gasteiger partial charge in [0.2, 0.25) is 0 Å². The Balaban J connectivity index is 3.37. The Morgan fingerprint density at radius 2 is 1.71 bits per heavy atom. The van der Waals surface area contributed by atoms with Crippen molar-refractivity contribution in [3.63, 3.8) is 0 Å². The van der Waals surface area contributed by atoms with Crippen molar-refractivity contribution in [1.29, 1.82) is 0 Å². The van der Waals surface area contributed by atoms with Gasteiger partial charge in [0, 0.05) is 0 Å². The maximum atomic E-state index is 10.4. The van der Waals surface area contributed by atoms with Crippen molar-refractivity contribution in [3.05, 3.63) is 28.3 Å². The molecule has 0 aromatic heterocycles. The van der Waals surface area contributed by atoms with Gasteiger partial charge >= 0.3 is 0 Å². The molecule has 17 heavy (non-hydrogen) atoms. The molecule has 0 bridgehead atoms. The number of phenols is 1. The molecule has 0 aliphatic heterocycles. The Bertz CT molecular complexity index is 409. The van der Waals surface area contributed by atoms with Crippen LogP contribution >= 0.6 is 0 Å². The summed E-state index contributed by atoms with van der Waals surface area (Å²) in [4.78, 5) is 0. The Kier molecular flexibility index (Phi) is 3.91. The molecule has 0 fully saturated rings. The summed E-state index contributed by atoms with van der Waals surface area (Å²) in [5.74, 6) is 1.10. The molecule has 0 amide bonds. The fourth-order valence-corrected chi connectivity index (χ4v) is 2.31. The maximum Gasteiger partial charge on any atom is 0.122 e. The van der Waals surface area contributed by atoms with Crippen LogP contribution in [-0.2, 0) is 11.8 Å². The Labute approximate surface area is 106 Å². The number of phenolic OH excluding ortho intramolecular Hbond substituents is 1. The third-order valence-corrected chi connectivity index (χ3v) is 3.32. The van der Waals surface area contributed by atoms with Crippen molar-refractivity contribution in [1.82, 2.24) is 0 Å². The second kappa shape index (κ2) is 4.72. The van der Waals surface area contributed by atoms with Crippen molar-refractivity contribution in [2.45, 2.75) is 60.3 Å². The summed E-state index contributed by atoms with van der Waals surface area (Å²) < 4.78 is 0. The number of hydrogen-bond acceptors (Lipinski definition) is 1. The van der Waals surface area contributed by atoms with Crippen LogP contribution in [-0.4, -0.2) is 5.11 Å². The average molecular weight is 234 g/mol. The quantitative estimate of drug-likeness (QED) is 0.798. The Hall–Kier alpha value is -0.980. The maximum absolute atomic E-state index is 10.4. The number of rotatable bonds is 2. The standard InChI is InChI=1S/C16H26O/c1-10(2)8-13-11(3)9-14(16(5,6)7)15(17)12(13)4/h9-10,17H,8H2,1-7H3. The molecule has 96 valence electrons. The average Bonchev–Trinajstić information content (AvgIpc) is 2.16. The highest BCUT2D eigenvalue weighted by atomic mass is 16.3. The molecular weight excluding hydrogens is 208 g/mol. The van der Waals surface area contributed by atoms with E-state index in [4.69, 9.17) is 0 Å². The molecule has 1 N–H and O–H groups in total. The third-order valence-electron chi connectivity index (χ3n) is 3.32. The van der Waals surface area contributed by atoms with Gasteiger partial charge in [-0.15, -0.1) is 0 Å². The summed E-state index contributed by atoms with van der Waals surface area (Å²) in [7, 11) is 0. The van der Waals surface area contributed by atoms with Crippen LogP contribution in [0.5, 0.6) is 5.75 Å². The zero-order valence-electron chi connectivity index (χ0n) is 12.3. The minimum atomic E-state index is -0.00400. The van der Waals surface area contributed by atoms with Crippen LogP contribution in [0.3, 0.4) is 0 Å². The van der Waals surface area contributed by atoms with Gasteiger partial charge in [-0.1, -0.05) is 40.7 Å². The van der Waals surface area contributed by atoms with Gasteiger partial charge in [-0.3, -0.25) is 0 Å². The minimum absolute atomic E-state index is 0.00400. The van der Waals surface area contributed by atoms with Gasteiger partial charge in [0.1, 0.15) is 5.75 Å². The molecule has 0 saturated carbocycles. The molecule has 0 aliphatic rings. The van der Waals surface area contributed by atoms with E-state index in [0.29, 0.717) is 11.7 Å². The fourth-order valence-electron chi connectivity index (χ4n) is 2.31. The second-order valence-corrected chi connectivity index (χ2v) is 6.54. The monoisotopic (exact) mass is 234 g/mol. The summed E-state index contributed by atoms with van der Waals surface area (Å²) in [6, 6.07) is 2.15. The van der Waals surface area contributed by atoms with Gasteiger partial charge in [-0.2, -0.15) is 0 Å². The van der Waals surface area contributed by atoms with E-state index in [1.165, 1.54) is 11.1 Å². The lowest BCUT2D eigenvalue weighted by molar-refractivity contribution is 0.440. The van der Waals surface area contributed by atoms with E-state index in [1.807, 2.05) is 6.92 Å². The number of hydrogen-bond donors (Lipinski definition) is 1. The van der Waals surface area contributed by atoms with Crippen LogP contribution in [0.15, 0.2) is 6.07 Å². The molecule has 1 heteroatoms. The highest BCUT2D eigenvalue weighted by molar-refractivity contribution is 5.51. The van der Waals surface area contributed by atoms with Crippen molar-refractivity contribution < 1.29 is 5.11 Å². The normalized spacial score (nSPS) is 12.2. The molecule has 1 rings (SSSR count). The lowest BCUT2D eigenvalue weighted by atomic mass is 9.81. The summed E-state index contributed by atoms with van der Waals surface area (Å²) in [5, 5.41) is 10.4. The lowest BCUT2D eigenvalue weighted by Crippen LogP contribution is -2.13. The molecule has 1 nitrogen and oxygen atoms in total. The molecule has 0 saturated heterocycles. The highest BCUT2D eigenvalue weighted by Crippen LogP contribution is 2.36. The van der Waals surface area contributed by atoms with E-state index in [2.05, 4.69) is 47.6 Å². The van der Waals surface area contributed by atoms with Gasteiger partial charge in [0.05, 0.1) is 0 Å². The number of benzene rings is 1. The van der Waals surface area contributed by atoms with Crippen LogP contribution in [0.25, 0.3) is 0 Å². The van der Waals surface area contributed by atoms with Crippen LogP contribution in [0.1, 0.15) is 56.9 Å². The fraction of sp³-hybridized carbons (Fsp3) is 0.625. The number of aromatic hydroxyl groups is 1. The van der Waals surface area contributed by atoms with Crippen molar-refractivity contribution in [2.75, 3.05) is 0 Å². The van der Waals surface area contributed by atoms with Crippen LogP contribution < -0.4 is 0 Å². The molecule has 0 heterocycles. The molecule has 0 atom stereocenters. The zero-order valence-corrected chi connectivity index (χ0v) is 12.3. The molecule has 0 radical (unpaired) electrons. The van der Waals surface area contributed by atoms with E-state index in [9.17, 15) is 5.11 Å². The first kappa shape index (κ1) is 14.1. The lowest BCUT2D eigenvalue weighted by Gasteiger charge is -2.24. The van der Waals surface area contributed by atoms with Crippen LogP contribution in [0.2, 0.25) is 0 Å². The summed E-state index contributed by atoms with van der Waals surface area (Å²) in [6.07, 6.45) is 1.04. The van der Waals surface area contributed by atoms with Crippen molar-refractivity contribution >= 4 is 0 Å². The van der Waals surface area contributed by atoms with Crippen molar-refractivity contribution in [3.8, 4) is 5.75 Å². The van der Waals surface area contributed by atoms with Gasteiger partial charge in [-0.05, 0) is 53.9 Å². The summed E-state index contributed by atoms with van der Waals surface area (Å²) in [5.41, 5.74) is 4.73. The summed E-state index contributed by atoms with van der Waals surface area (Å²) >= 11 is 0. The molecule has 1 aromatic carbocycles. The van der Waals surface area contributed by atoms with Gasteiger partial charge in [0.15, 0.2) is 0 Å². The molecule has 0 spiro atoms. The smallest absolute Gasteiger partial charge is 0.122 e. The second-order valence-electron chi connectivity index (χ2n) is 6.54. The third kappa shape index (κ3) is 3.02. The number of aryl methyl sites for hydroxylation is 1. The SMILES string of the molecule is Cc1cc(C(C)(C)C)c(O)c(C)c1CC(C)C. The first-order valence-electron chi connectivity index (χ1n) is 6.47. The highest BCUT2D eigenvalue weighted by Gasteiger charge is 2.22. The Morgan fingerprint density at radius 3 is 2.12 bits per heavy atom. The van der Waals surface area contributed by atoms with E-state index < -0.39 is 0 Å². The first-order valence-corrected chi connectivity index (χ1v) is 6.47. The first-order chi connectivity index (χ1) is 7.64. The minimum Gasteiger partial charge on any atom is -0.507 e. The predicted octanol–water partition coefficient (Wildman–Crippen LogP) is 4.51. The van der Waals surface area contributed by atoms with Crippen LogP contribution in [0.4, 0.5) is 0 Å². The van der Waals surface area contributed by atoms with E-state index in [-0.39, 0.29) is 5.41 Å². The van der Waals surface area contributed by atoms with Gasteiger partial charge in [0.25, 0.3) is 0 Å². The van der Waals surface area contributed by atoms with Gasteiger partial charge in [-0.25, -0.2) is 0 Å². The molecular formula is C16H26O. The zero-order chi connectivity index (χ0) is 13.4. The summed E-state index contributed by atoms with van der Waals surface area (Å²) in [6.45, 7) is 15.0. The van der Waals surface area contributed by atoms with E-state index >= 15 is 0 Å². The largest absolute Gasteiger partial charge is 0.507 e. The molecule has 0 aliphatic carbocycles. The van der Waals surface area contributed by atoms with Crippen LogP contribution in [0, 0.1) is 19.8 Å². The predicted molar refractivity (Wildman–Crippen MR) is 74.8 cm³/mol. The molecule has 1 aromatic rings. The topological polar surface area (TPSA) is 20.2 Å².